The molecular formula is C72H57N. The van der Waals surface area contributed by atoms with Gasteiger partial charge in [0.2, 0.25) is 0 Å². The zero-order valence-corrected chi connectivity index (χ0v) is 41.4. The first-order chi connectivity index (χ1) is 36.1. The highest BCUT2D eigenvalue weighted by atomic mass is 15.1. The van der Waals surface area contributed by atoms with E-state index in [2.05, 4.69) is 273 Å². The van der Waals surface area contributed by atoms with Gasteiger partial charge in [-0.05, 0) is 145 Å². The van der Waals surface area contributed by atoms with Gasteiger partial charge in [0, 0.05) is 22.2 Å². The van der Waals surface area contributed by atoms with Crippen molar-refractivity contribution in [2.45, 2.75) is 50.4 Å². The summed E-state index contributed by atoms with van der Waals surface area (Å²) < 4.78 is 0. The summed E-state index contributed by atoms with van der Waals surface area (Å²) in [5.41, 5.74) is 23.3. The summed E-state index contributed by atoms with van der Waals surface area (Å²) in [6.45, 7) is 2.41. The molecule has 1 fully saturated rings. The van der Waals surface area contributed by atoms with Crippen LogP contribution in [0.2, 0.25) is 0 Å². The second-order valence-corrected chi connectivity index (χ2v) is 20.3. The van der Waals surface area contributed by atoms with Gasteiger partial charge in [0.25, 0.3) is 0 Å². The Morgan fingerprint density at radius 1 is 0.356 bits per heavy atom. The number of benzene rings is 11. The van der Waals surface area contributed by atoms with Crippen LogP contribution in [0.25, 0.3) is 77.5 Å². The average Bonchev–Trinajstić information content (AvgIpc) is 3.74. The maximum atomic E-state index is 2.54. The van der Waals surface area contributed by atoms with Gasteiger partial charge in [-0.1, -0.05) is 250 Å². The predicted molar refractivity (Wildman–Crippen MR) is 309 cm³/mol. The molecule has 0 radical (unpaired) electrons. The number of fused-ring (bicyclic) bond motifs is 4. The molecule has 0 bridgehead atoms. The molecular weight excluding hydrogens is 879 g/mol. The van der Waals surface area contributed by atoms with Crippen molar-refractivity contribution in [2.24, 2.45) is 0 Å². The largest absolute Gasteiger partial charge is 0.309 e. The number of hydrogen-bond acceptors (Lipinski definition) is 1. The van der Waals surface area contributed by atoms with Crippen molar-refractivity contribution in [3.05, 3.63) is 283 Å². The van der Waals surface area contributed by atoms with Gasteiger partial charge in [-0.15, -0.1) is 0 Å². The Kier molecular flexibility index (Phi) is 11.5. The van der Waals surface area contributed by atoms with E-state index >= 15 is 0 Å². The molecule has 2 aliphatic rings. The van der Waals surface area contributed by atoms with Crippen molar-refractivity contribution in [3.63, 3.8) is 0 Å². The smallest absolute Gasteiger partial charge is 0.0540 e. The Morgan fingerprint density at radius 2 is 0.877 bits per heavy atom. The van der Waals surface area contributed by atoms with Crippen LogP contribution in [0, 0.1) is 0 Å². The first-order valence-corrected chi connectivity index (χ1v) is 26.3. The van der Waals surface area contributed by atoms with Gasteiger partial charge in [-0.2, -0.15) is 0 Å². The topological polar surface area (TPSA) is 3.24 Å². The third kappa shape index (κ3) is 7.79. The molecule has 1 saturated carbocycles. The lowest BCUT2D eigenvalue weighted by Gasteiger charge is -2.31. The number of anilines is 3. The van der Waals surface area contributed by atoms with E-state index in [-0.39, 0.29) is 5.41 Å². The fraction of sp³-hybridized carbons (Fsp3) is 0.111. The molecule has 11 aromatic rings. The predicted octanol–water partition coefficient (Wildman–Crippen LogP) is 20.0. The lowest BCUT2D eigenvalue weighted by atomic mass is 9.74. The van der Waals surface area contributed by atoms with E-state index in [4.69, 9.17) is 0 Å². The van der Waals surface area contributed by atoms with Crippen molar-refractivity contribution >= 4 is 27.8 Å². The summed E-state index contributed by atoms with van der Waals surface area (Å²) in [5, 5.41) is 2.69. The summed E-state index contributed by atoms with van der Waals surface area (Å²) in [4.78, 5) is 2.54. The van der Waals surface area contributed by atoms with Crippen LogP contribution in [-0.4, -0.2) is 0 Å². The highest BCUT2D eigenvalue weighted by Crippen LogP contribution is 2.57. The molecule has 0 amide bonds. The summed E-state index contributed by atoms with van der Waals surface area (Å²) >= 11 is 0. The fourth-order valence-corrected chi connectivity index (χ4v) is 12.7. The molecule has 0 aromatic heterocycles. The van der Waals surface area contributed by atoms with Crippen LogP contribution in [0.3, 0.4) is 0 Å². The van der Waals surface area contributed by atoms with E-state index in [0.29, 0.717) is 5.92 Å². The Labute approximate surface area is 430 Å². The number of nitrogens with zero attached hydrogens (tertiary/aromatic N) is 1. The second-order valence-electron chi connectivity index (χ2n) is 20.3. The molecule has 1 atom stereocenters. The van der Waals surface area contributed by atoms with Crippen LogP contribution < -0.4 is 4.90 Å². The highest BCUT2D eigenvalue weighted by molar-refractivity contribution is 6.05. The Balaban J connectivity index is 1.01. The minimum Gasteiger partial charge on any atom is -0.309 e. The number of rotatable bonds is 10. The standard InChI is InChI=1S/C72H57N/c1-72(56-31-12-5-13-32-56)66-39-17-14-35-64(66)71-63(38-22-40-67(71)72)61-34-16-19-42-69(61)73(68-41-18-15-33-60(68)62-37-21-30-54-29-20-36-59(70(54)62)52-25-8-3-9-26-52)57-46-43-50(44-47-57)55-45-48-58(51-23-6-2-7-24-51)65(49-55)53-27-10-4-11-28-53/h2,4-7,10-24,27-49,52H,3,8-9,25-26H2,1H3. The van der Waals surface area contributed by atoms with Crippen molar-refractivity contribution in [3.8, 4) is 66.8 Å². The molecule has 0 aliphatic heterocycles. The van der Waals surface area contributed by atoms with Gasteiger partial charge in [0.15, 0.2) is 0 Å². The van der Waals surface area contributed by atoms with Gasteiger partial charge < -0.3 is 4.90 Å². The van der Waals surface area contributed by atoms with E-state index in [9.17, 15) is 0 Å². The Hall–Kier alpha value is -8.52. The van der Waals surface area contributed by atoms with Gasteiger partial charge >= 0.3 is 0 Å². The third-order valence-corrected chi connectivity index (χ3v) is 16.2. The van der Waals surface area contributed by atoms with E-state index in [1.54, 1.807) is 0 Å². The minimum atomic E-state index is -0.315. The maximum absolute atomic E-state index is 2.54. The normalized spacial score (nSPS) is 15.2. The SMILES string of the molecule is CC1(c2ccccc2)c2ccccc2-c2c(-c3ccccc3N(c3ccc(-c4ccc(-c5ccccc5)c(-c5ccccc5)c4)cc3)c3ccccc3-c3cccc4cccc(C5CCCCC5)c34)cccc21. The van der Waals surface area contributed by atoms with Gasteiger partial charge in [0.1, 0.15) is 0 Å². The minimum absolute atomic E-state index is 0.315. The van der Waals surface area contributed by atoms with Crippen molar-refractivity contribution in [1.29, 1.82) is 0 Å². The molecule has 1 heteroatoms. The molecule has 0 heterocycles. The van der Waals surface area contributed by atoms with E-state index in [1.807, 2.05) is 0 Å². The van der Waals surface area contributed by atoms with Crippen molar-refractivity contribution in [1.82, 2.24) is 0 Å². The third-order valence-electron chi connectivity index (χ3n) is 16.2. The Morgan fingerprint density at radius 3 is 1.58 bits per heavy atom. The first kappa shape index (κ1) is 44.4. The first-order valence-electron chi connectivity index (χ1n) is 26.3. The van der Waals surface area contributed by atoms with Gasteiger partial charge in [0.05, 0.1) is 11.4 Å². The number of para-hydroxylation sites is 2. The molecule has 0 saturated heterocycles. The van der Waals surface area contributed by atoms with Crippen LogP contribution in [0.1, 0.15) is 67.2 Å². The van der Waals surface area contributed by atoms with E-state index < -0.39 is 0 Å². The molecule has 73 heavy (non-hydrogen) atoms. The van der Waals surface area contributed by atoms with Crippen LogP contribution in [0.4, 0.5) is 17.1 Å². The van der Waals surface area contributed by atoms with Gasteiger partial charge in [-0.3, -0.25) is 0 Å². The number of hydrogen-bond donors (Lipinski definition) is 0. The molecule has 0 spiro atoms. The average molecular weight is 936 g/mol. The summed E-state index contributed by atoms with van der Waals surface area (Å²) in [7, 11) is 0. The maximum Gasteiger partial charge on any atom is 0.0540 e. The van der Waals surface area contributed by atoms with Crippen LogP contribution >= 0.6 is 0 Å². The molecule has 11 aromatic carbocycles. The summed E-state index contributed by atoms with van der Waals surface area (Å²) in [6.07, 6.45) is 6.42. The van der Waals surface area contributed by atoms with Crippen LogP contribution in [-0.2, 0) is 5.41 Å². The monoisotopic (exact) mass is 935 g/mol. The zero-order valence-electron chi connectivity index (χ0n) is 41.4. The van der Waals surface area contributed by atoms with Crippen LogP contribution in [0.5, 0.6) is 0 Å². The zero-order chi connectivity index (χ0) is 48.7. The lowest BCUT2D eigenvalue weighted by Crippen LogP contribution is -2.22. The van der Waals surface area contributed by atoms with E-state index in [0.717, 1.165) is 17.1 Å². The van der Waals surface area contributed by atoms with Crippen molar-refractivity contribution in [2.75, 3.05) is 4.90 Å². The second kappa shape index (κ2) is 18.9. The molecule has 350 valence electrons. The molecule has 1 nitrogen and oxygen atoms in total. The molecule has 2 aliphatic carbocycles. The summed E-state index contributed by atoms with van der Waals surface area (Å²) in [6, 6.07) is 97.2. The van der Waals surface area contributed by atoms with Crippen molar-refractivity contribution < 1.29 is 0 Å². The van der Waals surface area contributed by atoms with E-state index in [1.165, 1.54) is 132 Å². The highest BCUT2D eigenvalue weighted by Gasteiger charge is 2.42. The van der Waals surface area contributed by atoms with Crippen LogP contribution in [0.15, 0.2) is 261 Å². The molecule has 0 N–H and O–H groups in total. The quantitative estimate of drug-likeness (QED) is 0.132. The van der Waals surface area contributed by atoms with Gasteiger partial charge in [-0.25, -0.2) is 0 Å². The molecule has 1 unspecified atom stereocenters. The molecule has 13 rings (SSSR count). The Bertz CT molecular complexity index is 3770. The fourth-order valence-electron chi connectivity index (χ4n) is 12.7. The lowest BCUT2D eigenvalue weighted by molar-refractivity contribution is 0.445. The summed E-state index contributed by atoms with van der Waals surface area (Å²) in [5.74, 6) is 0.559.